The van der Waals surface area contributed by atoms with E-state index < -0.39 is 0 Å². The third-order valence-corrected chi connectivity index (χ3v) is 4.06. The molecule has 0 atom stereocenters. The second-order valence-corrected chi connectivity index (χ2v) is 5.61. The first-order valence-electron chi connectivity index (χ1n) is 7.70. The monoisotopic (exact) mass is 261 g/mol. The van der Waals surface area contributed by atoms with E-state index in [-0.39, 0.29) is 0 Å². The van der Waals surface area contributed by atoms with Crippen molar-refractivity contribution in [2.45, 2.75) is 39.2 Å². The molecule has 2 rings (SSSR count). The van der Waals surface area contributed by atoms with Crippen molar-refractivity contribution in [3.05, 3.63) is 30.1 Å². The van der Waals surface area contributed by atoms with Gasteiger partial charge in [-0.15, -0.1) is 0 Å². The van der Waals surface area contributed by atoms with Gasteiger partial charge in [0.15, 0.2) is 0 Å². The highest BCUT2D eigenvalue weighted by Gasteiger charge is 2.17. The van der Waals surface area contributed by atoms with Gasteiger partial charge in [0.05, 0.1) is 0 Å². The normalized spacial score (nSPS) is 17.7. The van der Waals surface area contributed by atoms with Crippen LogP contribution in [0.2, 0.25) is 0 Å². The van der Waals surface area contributed by atoms with E-state index in [0.717, 1.165) is 19.0 Å². The Bertz CT molecular complexity index is 331. The fourth-order valence-electron chi connectivity index (χ4n) is 2.88. The number of hydrogen-bond donors (Lipinski definition) is 1. The van der Waals surface area contributed by atoms with Crippen molar-refractivity contribution in [1.82, 2.24) is 15.2 Å². The van der Waals surface area contributed by atoms with Gasteiger partial charge in [-0.2, -0.15) is 0 Å². The highest BCUT2D eigenvalue weighted by Crippen LogP contribution is 2.21. The molecule has 0 amide bonds. The summed E-state index contributed by atoms with van der Waals surface area (Å²) in [6, 6.07) is 4.12. The van der Waals surface area contributed by atoms with Crippen LogP contribution in [0.15, 0.2) is 24.5 Å². The SMILES string of the molecule is CCCC1CCN(CCNCc2cccnc2)CC1. The van der Waals surface area contributed by atoms with Crippen LogP contribution in [-0.2, 0) is 6.54 Å². The molecule has 106 valence electrons. The fraction of sp³-hybridized carbons (Fsp3) is 0.688. The van der Waals surface area contributed by atoms with Crippen LogP contribution >= 0.6 is 0 Å². The lowest BCUT2D eigenvalue weighted by molar-refractivity contribution is 0.179. The van der Waals surface area contributed by atoms with Gasteiger partial charge in [0.2, 0.25) is 0 Å². The number of hydrogen-bond acceptors (Lipinski definition) is 3. The summed E-state index contributed by atoms with van der Waals surface area (Å²) in [4.78, 5) is 6.73. The van der Waals surface area contributed by atoms with Gasteiger partial charge in [-0.1, -0.05) is 25.8 Å². The lowest BCUT2D eigenvalue weighted by atomic mass is 9.92. The van der Waals surface area contributed by atoms with E-state index in [9.17, 15) is 0 Å². The average Bonchev–Trinajstić information content (AvgIpc) is 2.47. The van der Waals surface area contributed by atoms with Crippen molar-refractivity contribution in [3.8, 4) is 0 Å². The molecule has 0 saturated carbocycles. The molecule has 0 bridgehead atoms. The van der Waals surface area contributed by atoms with Crippen LogP contribution in [0.3, 0.4) is 0 Å². The van der Waals surface area contributed by atoms with Gasteiger partial charge in [-0.3, -0.25) is 4.98 Å². The van der Waals surface area contributed by atoms with Crippen molar-refractivity contribution in [3.63, 3.8) is 0 Å². The first-order valence-corrected chi connectivity index (χ1v) is 7.70. The molecule has 0 aromatic carbocycles. The highest BCUT2D eigenvalue weighted by atomic mass is 15.1. The molecule has 3 nitrogen and oxygen atoms in total. The topological polar surface area (TPSA) is 28.2 Å². The van der Waals surface area contributed by atoms with Gasteiger partial charge < -0.3 is 10.2 Å². The number of pyridine rings is 1. The largest absolute Gasteiger partial charge is 0.311 e. The third kappa shape index (κ3) is 5.29. The maximum atomic E-state index is 4.13. The third-order valence-electron chi connectivity index (χ3n) is 4.06. The molecule has 0 spiro atoms. The molecule has 1 N–H and O–H groups in total. The standard InChI is InChI=1S/C16H27N3/c1-2-4-15-6-10-19(11-7-15)12-9-18-14-16-5-3-8-17-13-16/h3,5,8,13,15,18H,2,4,6-7,9-12,14H2,1H3. The minimum atomic E-state index is 0.931. The Morgan fingerprint density at radius 3 is 2.89 bits per heavy atom. The number of nitrogens with one attached hydrogen (secondary N) is 1. The molecule has 2 heterocycles. The molecule has 1 saturated heterocycles. The minimum Gasteiger partial charge on any atom is -0.311 e. The van der Waals surface area contributed by atoms with Crippen LogP contribution in [0, 0.1) is 5.92 Å². The zero-order valence-corrected chi connectivity index (χ0v) is 12.1. The second kappa shape index (κ2) is 8.28. The first kappa shape index (κ1) is 14.5. The van der Waals surface area contributed by atoms with Crippen molar-refractivity contribution >= 4 is 0 Å². The van der Waals surface area contributed by atoms with Crippen LogP contribution in [0.4, 0.5) is 0 Å². The first-order chi connectivity index (χ1) is 9.38. The Morgan fingerprint density at radius 1 is 1.37 bits per heavy atom. The van der Waals surface area contributed by atoms with Gasteiger partial charge in [0.25, 0.3) is 0 Å². The molecule has 1 aromatic rings. The van der Waals surface area contributed by atoms with Gasteiger partial charge in [0.1, 0.15) is 0 Å². The Labute approximate surface area is 117 Å². The number of likely N-dealkylation sites (tertiary alicyclic amines) is 1. The van der Waals surface area contributed by atoms with Crippen molar-refractivity contribution < 1.29 is 0 Å². The summed E-state index contributed by atoms with van der Waals surface area (Å²) in [5, 5.41) is 3.50. The molecule has 0 radical (unpaired) electrons. The molecular formula is C16H27N3. The van der Waals surface area contributed by atoms with Crippen LogP contribution in [0.1, 0.15) is 38.2 Å². The van der Waals surface area contributed by atoms with Gasteiger partial charge >= 0.3 is 0 Å². The van der Waals surface area contributed by atoms with Gasteiger partial charge in [-0.25, -0.2) is 0 Å². The lowest BCUT2D eigenvalue weighted by Crippen LogP contribution is -2.38. The molecule has 1 fully saturated rings. The smallest absolute Gasteiger partial charge is 0.0312 e. The average molecular weight is 261 g/mol. The van der Waals surface area contributed by atoms with E-state index in [2.05, 4.69) is 28.2 Å². The maximum absolute atomic E-state index is 4.13. The Balaban J connectivity index is 1.55. The molecular weight excluding hydrogens is 234 g/mol. The van der Waals surface area contributed by atoms with Crippen molar-refractivity contribution in [2.75, 3.05) is 26.2 Å². The van der Waals surface area contributed by atoms with Crippen molar-refractivity contribution in [2.24, 2.45) is 5.92 Å². The van der Waals surface area contributed by atoms with Crippen molar-refractivity contribution in [1.29, 1.82) is 0 Å². The molecule has 1 aromatic heterocycles. The number of rotatable bonds is 7. The maximum Gasteiger partial charge on any atom is 0.0312 e. The molecule has 0 unspecified atom stereocenters. The van der Waals surface area contributed by atoms with Gasteiger partial charge in [-0.05, 0) is 43.5 Å². The van der Waals surface area contributed by atoms with Gasteiger partial charge in [0, 0.05) is 32.0 Å². The lowest BCUT2D eigenvalue weighted by Gasteiger charge is -2.31. The predicted octanol–water partition coefficient (Wildman–Crippen LogP) is 2.68. The Kier molecular flexibility index (Phi) is 6.31. The van der Waals surface area contributed by atoms with E-state index in [1.54, 1.807) is 0 Å². The summed E-state index contributed by atoms with van der Waals surface area (Å²) in [6.07, 6.45) is 9.32. The fourth-order valence-corrected chi connectivity index (χ4v) is 2.88. The van der Waals surface area contributed by atoms with E-state index in [1.165, 1.54) is 50.9 Å². The summed E-state index contributed by atoms with van der Waals surface area (Å²) >= 11 is 0. The van der Waals surface area contributed by atoms with Crippen LogP contribution < -0.4 is 5.32 Å². The molecule has 3 heteroatoms. The second-order valence-electron chi connectivity index (χ2n) is 5.61. The van der Waals surface area contributed by atoms with Crippen LogP contribution in [0.5, 0.6) is 0 Å². The zero-order valence-electron chi connectivity index (χ0n) is 12.1. The van der Waals surface area contributed by atoms with E-state index >= 15 is 0 Å². The Hall–Kier alpha value is -0.930. The summed E-state index contributed by atoms with van der Waals surface area (Å²) in [6.45, 7) is 8.07. The molecule has 1 aliphatic heterocycles. The predicted molar refractivity (Wildman–Crippen MR) is 80.0 cm³/mol. The Morgan fingerprint density at radius 2 is 2.21 bits per heavy atom. The van der Waals surface area contributed by atoms with Crippen LogP contribution in [-0.4, -0.2) is 36.1 Å². The summed E-state index contributed by atoms with van der Waals surface area (Å²) < 4.78 is 0. The van der Waals surface area contributed by atoms with E-state index in [4.69, 9.17) is 0 Å². The molecule has 19 heavy (non-hydrogen) atoms. The number of piperidine rings is 1. The number of nitrogens with zero attached hydrogens (tertiary/aromatic N) is 2. The quantitative estimate of drug-likeness (QED) is 0.765. The summed E-state index contributed by atoms with van der Waals surface area (Å²) in [5.41, 5.74) is 1.27. The summed E-state index contributed by atoms with van der Waals surface area (Å²) in [5.74, 6) is 0.990. The van der Waals surface area contributed by atoms with E-state index in [1.807, 2.05) is 18.5 Å². The number of aromatic nitrogens is 1. The molecule has 1 aliphatic rings. The van der Waals surface area contributed by atoms with Crippen LogP contribution in [0.25, 0.3) is 0 Å². The van der Waals surface area contributed by atoms with E-state index in [0.29, 0.717) is 0 Å². The summed E-state index contributed by atoms with van der Waals surface area (Å²) in [7, 11) is 0. The highest BCUT2D eigenvalue weighted by molar-refractivity contribution is 5.07. The molecule has 0 aliphatic carbocycles. The zero-order chi connectivity index (χ0) is 13.3. The minimum absolute atomic E-state index is 0.931.